The molecule has 6 nitrogen and oxygen atoms in total. The van der Waals surface area contributed by atoms with E-state index in [-0.39, 0.29) is 8.93 Å². The molecule has 0 radical (unpaired) electrons. The first-order chi connectivity index (χ1) is 19.4. The van der Waals surface area contributed by atoms with Gasteiger partial charge >= 0.3 is 12.1 Å². The van der Waals surface area contributed by atoms with Crippen molar-refractivity contribution in [1.29, 1.82) is 0 Å². The van der Waals surface area contributed by atoms with Gasteiger partial charge in [0.2, 0.25) is 6.41 Å². The van der Waals surface area contributed by atoms with Crippen LogP contribution in [0.5, 0.6) is 5.75 Å². The third kappa shape index (κ3) is 25.1. The van der Waals surface area contributed by atoms with Crippen molar-refractivity contribution in [2.45, 2.75) is 73.4 Å². The highest BCUT2D eigenvalue weighted by molar-refractivity contribution is 5.82. The molecule has 1 N–H and O–H groups in total. The van der Waals surface area contributed by atoms with Crippen molar-refractivity contribution in [2.24, 2.45) is 5.92 Å². The summed E-state index contributed by atoms with van der Waals surface area (Å²) < 4.78 is 60.5. The van der Waals surface area contributed by atoms with E-state index in [0.29, 0.717) is 44.5 Å². The summed E-state index contributed by atoms with van der Waals surface area (Å²) in [4.78, 5) is 39.4. The van der Waals surface area contributed by atoms with E-state index in [0.717, 1.165) is 35.1 Å². The van der Waals surface area contributed by atoms with Crippen molar-refractivity contribution in [3.8, 4) is 5.75 Å². The zero-order valence-corrected chi connectivity index (χ0v) is 25.2. The van der Waals surface area contributed by atoms with Gasteiger partial charge in [0, 0.05) is 41.3 Å². The topological polar surface area (TPSA) is 89.5 Å². The van der Waals surface area contributed by atoms with Crippen LogP contribution in [0.2, 0.25) is 0 Å². The van der Waals surface area contributed by atoms with Crippen molar-refractivity contribution >= 4 is 30.5 Å². The minimum Gasteiger partial charge on any atom is -0.494 e. The van der Waals surface area contributed by atoms with Gasteiger partial charge < -0.3 is 14.8 Å². The Kier molecular flexibility index (Phi) is 23.1. The third-order valence-electron chi connectivity index (χ3n) is 4.68. The molecule has 0 fully saturated rings. The predicted molar refractivity (Wildman–Crippen MR) is 160 cm³/mol. The third-order valence-corrected chi connectivity index (χ3v) is 4.68. The van der Waals surface area contributed by atoms with Crippen LogP contribution in [0, 0.1) is 19.8 Å². The number of alkyl halides is 5. The lowest BCUT2D eigenvalue weighted by Crippen LogP contribution is -2.20. The average molecular weight is 608 g/mol. The van der Waals surface area contributed by atoms with Gasteiger partial charge in [0.25, 0.3) is 0 Å². The molecule has 0 saturated heterocycles. The quantitative estimate of drug-likeness (QED) is 0.176. The molecule has 0 aromatic heterocycles. The van der Waals surface area contributed by atoms with Crippen molar-refractivity contribution in [2.75, 3.05) is 11.9 Å². The summed E-state index contributed by atoms with van der Waals surface area (Å²) in [6.07, 6.45) is -2.42. The van der Waals surface area contributed by atoms with E-state index in [1.165, 1.54) is 0 Å². The van der Waals surface area contributed by atoms with E-state index < -0.39 is 17.9 Å². The van der Waals surface area contributed by atoms with E-state index in [1.54, 1.807) is 0 Å². The smallest absolute Gasteiger partial charge is 0.409 e. The lowest BCUT2D eigenvalue weighted by Gasteiger charge is -2.09. The van der Waals surface area contributed by atoms with Gasteiger partial charge in [0.05, 0.1) is 6.61 Å². The standard InChI is InChI=1S/C15H22O2.C8H9NO.C4H6F2O.C3H3F3.CH2O.2H2/c1-5-17-15-10-13(7-6-12(15)4)9-14(16)8-11(2)3;1-7-3-2-4-8(5-7)9-6-10;1-3(7)4(2,5)6;1-2-3(4,5)6;1-2;;/h6-7,10-11H,5,8-9H2,1-4H3;2-6H,1H3,(H,9,10);1-2H3;2H,1H2;1H2;2*1H. The van der Waals surface area contributed by atoms with Crippen LogP contribution >= 0.6 is 0 Å². The molecule has 0 saturated carbocycles. The average Bonchev–Trinajstić information content (AvgIpc) is 2.87. The Bertz CT molecular complexity index is 1090. The van der Waals surface area contributed by atoms with Gasteiger partial charge in [-0.2, -0.15) is 22.0 Å². The number of nitrogens with one attached hydrogen (secondary N) is 1. The van der Waals surface area contributed by atoms with E-state index in [1.807, 2.05) is 70.0 Å². The number of Topliss-reactive ketones (excluding diaryl/α,β-unsaturated/α-hetero) is 2. The van der Waals surface area contributed by atoms with Crippen LogP contribution in [-0.4, -0.2) is 43.5 Å². The number of ether oxygens (including phenoxy) is 1. The number of amides is 1. The number of allylic oxidation sites excluding steroid dienone is 1. The Hall–Kier alpha value is -3.89. The molecule has 42 heavy (non-hydrogen) atoms. The highest BCUT2D eigenvalue weighted by Crippen LogP contribution is 2.20. The Morgan fingerprint density at radius 3 is 1.95 bits per heavy atom. The zero-order chi connectivity index (χ0) is 33.5. The van der Waals surface area contributed by atoms with Crippen molar-refractivity contribution in [3.63, 3.8) is 0 Å². The fourth-order valence-corrected chi connectivity index (χ4v) is 2.62. The number of carbonyl (C=O) groups excluding carboxylic acids is 4. The minimum atomic E-state index is -4.19. The number of hydrogen-bond donors (Lipinski definition) is 1. The molecule has 2 rings (SSSR count). The highest BCUT2D eigenvalue weighted by atomic mass is 19.4. The van der Waals surface area contributed by atoms with Crippen molar-refractivity contribution in [1.82, 2.24) is 0 Å². The Labute approximate surface area is 248 Å². The first kappa shape index (κ1) is 42.6. The summed E-state index contributed by atoms with van der Waals surface area (Å²) in [6, 6.07) is 13.7. The molecule has 0 aliphatic rings. The van der Waals surface area contributed by atoms with E-state index in [4.69, 9.17) is 9.53 Å². The Morgan fingerprint density at radius 2 is 1.57 bits per heavy atom. The lowest BCUT2D eigenvalue weighted by molar-refractivity contribution is -0.138. The predicted octanol–water partition coefficient (Wildman–Crippen LogP) is 8.39. The van der Waals surface area contributed by atoms with Gasteiger partial charge in [-0.15, -0.1) is 0 Å². The van der Waals surface area contributed by atoms with E-state index in [2.05, 4.69) is 25.7 Å². The maximum absolute atomic E-state index is 11.7. The second-order valence-corrected chi connectivity index (χ2v) is 9.17. The number of anilines is 1. The molecule has 0 spiro atoms. The maximum atomic E-state index is 11.7. The maximum Gasteiger partial charge on any atom is 0.409 e. The summed E-state index contributed by atoms with van der Waals surface area (Å²) in [5, 5.41) is 2.57. The molecule has 0 aliphatic heterocycles. The van der Waals surface area contributed by atoms with Crippen LogP contribution in [0.4, 0.5) is 27.6 Å². The number of carbonyl (C=O) groups is 4. The summed E-state index contributed by atoms with van der Waals surface area (Å²) in [5.41, 5.74) is 4.15. The second-order valence-electron chi connectivity index (χ2n) is 9.17. The molecule has 0 bridgehead atoms. The summed E-state index contributed by atoms with van der Waals surface area (Å²) >= 11 is 0. The van der Waals surface area contributed by atoms with E-state index in [9.17, 15) is 36.3 Å². The highest BCUT2D eigenvalue weighted by Gasteiger charge is 2.26. The number of benzene rings is 2. The monoisotopic (exact) mass is 607 g/mol. The van der Waals surface area contributed by atoms with Crippen LogP contribution in [0.3, 0.4) is 0 Å². The van der Waals surface area contributed by atoms with Gasteiger partial charge in [-0.25, -0.2) is 0 Å². The molecule has 2 aromatic rings. The molecule has 0 heterocycles. The minimum absolute atomic E-state index is 0. The van der Waals surface area contributed by atoms with Gasteiger partial charge in [-0.1, -0.05) is 44.7 Å². The van der Waals surface area contributed by atoms with Gasteiger partial charge in [-0.3, -0.25) is 14.4 Å². The molecular formula is C31H46F5NO5. The fourth-order valence-electron chi connectivity index (χ4n) is 2.62. The summed E-state index contributed by atoms with van der Waals surface area (Å²) in [6.45, 7) is 16.7. The first-order valence-corrected chi connectivity index (χ1v) is 12.7. The van der Waals surface area contributed by atoms with Gasteiger partial charge in [0.1, 0.15) is 18.3 Å². The fraction of sp³-hybridized carbons (Fsp3) is 0.419. The zero-order valence-electron chi connectivity index (χ0n) is 25.2. The number of rotatable bonds is 9. The van der Waals surface area contributed by atoms with Crippen molar-refractivity contribution < 1.29 is 48.7 Å². The van der Waals surface area contributed by atoms with Crippen molar-refractivity contribution in [3.05, 3.63) is 71.8 Å². The summed E-state index contributed by atoms with van der Waals surface area (Å²) in [5.74, 6) is -2.61. The van der Waals surface area contributed by atoms with Crippen LogP contribution < -0.4 is 10.1 Å². The molecule has 1 amide bonds. The SMILES string of the molecule is C=CC(F)(F)F.C=O.CC(=O)C(C)(F)F.CCOc1cc(CC(=O)CC(C)C)ccc1C.Cc1cccc(NC=O)c1.[HH].[HH]. The van der Waals surface area contributed by atoms with Gasteiger partial charge in [0.15, 0.2) is 5.78 Å². The number of hydrogen-bond acceptors (Lipinski definition) is 5. The van der Waals surface area contributed by atoms with Crippen LogP contribution in [0.15, 0.2) is 55.1 Å². The van der Waals surface area contributed by atoms with Crippen LogP contribution in [-0.2, 0) is 25.6 Å². The lowest BCUT2D eigenvalue weighted by atomic mass is 10.0. The molecule has 0 aliphatic carbocycles. The van der Waals surface area contributed by atoms with Gasteiger partial charge in [-0.05, 0) is 61.6 Å². The second kappa shape index (κ2) is 22.8. The largest absolute Gasteiger partial charge is 0.494 e. The normalized spacial score (nSPS) is 10.0. The molecule has 0 unspecified atom stereocenters. The number of aryl methyl sites for hydroxylation is 2. The molecule has 240 valence electrons. The molecule has 2 aromatic carbocycles. The summed E-state index contributed by atoms with van der Waals surface area (Å²) in [7, 11) is 0. The Morgan fingerprint density at radius 1 is 1.05 bits per heavy atom. The first-order valence-electron chi connectivity index (χ1n) is 12.7. The molecule has 0 atom stereocenters. The number of halogens is 5. The molecule has 11 heteroatoms. The van der Waals surface area contributed by atoms with Crippen LogP contribution in [0.1, 0.15) is 60.6 Å². The molecular weight excluding hydrogens is 561 g/mol. The van der Waals surface area contributed by atoms with Crippen LogP contribution in [0.25, 0.3) is 0 Å². The van der Waals surface area contributed by atoms with E-state index >= 15 is 0 Å². The Balaban J connectivity index is -0.000000161. The number of ketones is 2.